The molecule has 1 saturated carbocycles. The van der Waals surface area contributed by atoms with E-state index in [-0.39, 0.29) is 23.0 Å². The Kier molecular flexibility index (Phi) is 4.59. The van der Waals surface area contributed by atoms with Crippen LogP contribution in [-0.2, 0) is 20.2 Å². The number of amides is 1. The Bertz CT molecular complexity index is 793. The molecule has 0 radical (unpaired) electrons. The molecule has 26 heavy (non-hydrogen) atoms. The van der Waals surface area contributed by atoms with Gasteiger partial charge >= 0.3 is 0 Å². The molecule has 1 aliphatic heterocycles. The van der Waals surface area contributed by atoms with Gasteiger partial charge in [-0.15, -0.1) is 0 Å². The van der Waals surface area contributed by atoms with E-state index in [0.717, 1.165) is 32.1 Å². The van der Waals surface area contributed by atoms with Gasteiger partial charge in [-0.1, -0.05) is 24.3 Å². The maximum atomic E-state index is 12.4. The molecule has 0 unspecified atom stereocenters. The van der Waals surface area contributed by atoms with Crippen LogP contribution in [0.1, 0.15) is 62.5 Å². The Morgan fingerprint density at radius 3 is 2.58 bits per heavy atom. The molecule has 5 nitrogen and oxygen atoms in total. The summed E-state index contributed by atoms with van der Waals surface area (Å²) in [6.07, 6.45) is 5.43. The topological polar surface area (TPSA) is 66.5 Å². The predicted molar refractivity (Wildman–Crippen MR) is 102 cm³/mol. The molecule has 4 rings (SSSR count). The molecule has 2 fully saturated rings. The molecule has 3 aliphatic rings. The molecule has 0 bridgehead atoms. The van der Waals surface area contributed by atoms with E-state index in [2.05, 4.69) is 29.6 Å². The average Bonchev–Trinajstić information content (AvgIpc) is 3.40. The van der Waals surface area contributed by atoms with Gasteiger partial charge in [0.15, 0.2) is 0 Å². The summed E-state index contributed by atoms with van der Waals surface area (Å²) in [6.45, 7) is 2.89. The van der Waals surface area contributed by atoms with Crippen molar-refractivity contribution >= 4 is 15.9 Å². The van der Waals surface area contributed by atoms with E-state index in [1.807, 2.05) is 0 Å². The second-order valence-corrected chi connectivity index (χ2v) is 10.4. The van der Waals surface area contributed by atoms with Crippen molar-refractivity contribution in [2.24, 2.45) is 0 Å². The molecule has 1 heterocycles. The molecule has 1 saturated heterocycles. The van der Waals surface area contributed by atoms with Crippen LogP contribution < -0.4 is 5.32 Å². The van der Waals surface area contributed by atoms with Gasteiger partial charge in [-0.05, 0) is 61.5 Å². The quantitative estimate of drug-likeness (QED) is 0.859. The highest BCUT2D eigenvalue weighted by molar-refractivity contribution is 7.89. The average molecular weight is 377 g/mol. The highest BCUT2D eigenvalue weighted by Crippen LogP contribution is 2.52. The van der Waals surface area contributed by atoms with Crippen molar-refractivity contribution in [3.63, 3.8) is 0 Å². The number of carbonyl (C=O) groups is 1. The lowest BCUT2D eigenvalue weighted by atomic mass is 9.73. The van der Waals surface area contributed by atoms with Gasteiger partial charge in [-0.2, -0.15) is 0 Å². The fraction of sp³-hybridized carbons (Fsp3) is 0.650. The molecule has 1 amide bonds. The summed E-state index contributed by atoms with van der Waals surface area (Å²) in [6, 6.07) is 8.88. The Hall–Kier alpha value is -1.40. The second kappa shape index (κ2) is 6.64. The van der Waals surface area contributed by atoms with E-state index in [1.165, 1.54) is 11.1 Å². The minimum absolute atomic E-state index is 0.0287. The lowest BCUT2D eigenvalue weighted by Gasteiger charge is -2.39. The highest BCUT2D eigenvalue weighted by Gasteiger charge is 2.46. The normalized spacial score (nSPS) is 25.2. The number of nitrogens with one attached hydrogen (secondary N) is 1. The Morgan fingerprint density at radius 2 is 1.92 bits per heavy atom. The smallest absolute Gasteiger partial charge is 0.220 e. The summed E-state index contributed by atoms with van der Waals surface area (Å²) in [7, 11) is -3.11. The van der Waals surface area contributed by atoms with E-state index >= 15 is 0 Å². The largest absolute Gasteiger partial charge is 0.353 e. The number of hydrogen-bond donors (Lipinski definition) is 1. The van der Waals surface area contributed by atoms with Crippen LogP contribution in [0.25, 0.3) is 0 Å². The van der Waals surface area contributed by atoms with E-state index < -0.39 is 10.0 Å². The monoisotopic (exact) mass is 376 g/mol. The first kappa shape index (κ1) is 18.0. The van der Waals surface area contributed by atoms with Crippen molar-refractivity contribution in [3.8, 4) is 0 Å². The molecule has 1 atom stereocenters. The molecule has 0 aromatic heterocycles. The lowest BCUT2D eigenvalue weighted by Crippen LogP contribution is -2.44. The number of carbonyl (C=O) groups excluding carboxylic acids is 1. The van der Waals surface area contributed by atoms with Crippen molar-refractivity contribution in [2.75, 3.05) is 18.8 Å². The molecule has 2 aliphatic carbocycles. The fourth-order valence-electron chi connectivity index (χ4n) is 4.80. The van der Waals surface area contributed by atoms with Gasteiger partial charge in [-0.3, -0.25) is 4.79 Å². The number of hydrogen-bond acceptors (Lipinski definition) is 3. The number of benzene rings is 1. The van der Waals surface area contributed by atoms with Crippen LogP contribution in [-0.4, -0.2) is 43.5 Å². The van der Waals surface area contributed by atoms with E-state index in [0.29, 0.717) is 25.6 Å². The first-order chi connectivity index (χ1) is 12.4. The SMILES string of the molecule is CCS(=O)(=O)N1CCC2(CC1)C[C@H](CC(=O)NC1CC1)c1ccccc12. The van der Waals surface area contributed by atoms with Gasteiger partial charge in [0.05, 0.1) is 5.75 Å². The lowest BCUT2D eigenvalue weighted by molar-refractivity contribution is -0.121. The number of sulfonamides is 1. The standard InChI is InChI=1S/C20H28N2O3S/c1-2-26(24,25)22-11-9-20(10-12-22)14-15(13-19(23)21-16-7-8-16)17-5-3-4-6-18(17)20/h3-6,15-16H,2,7-14H2,1H3,(H,21,23)/t15-/m0/s1. The van der Waals surface area contributed by atoms with Gasteiger partial charge in [0.25, 0.3) is 0 Å². The first-order valence-electron chi connectivity index (χ1n) is 9.80. The van der Waals surface area contributed by atoms with Crippen LogP contribution in [0.3, 0.4) is 0 Å². The highest BCUT2D eigenvalue weighted by atomic mass is 32.2. The molecule has 1 N–H and O–H groups in total. The zero-order valence-electron chi connectivity index (χ0n) is 15.4. The van der Waals surface area contributed by atoms with Gasteiger partial charge < -0.3 is 5.32 Å². The molecule has 6 heteroatoms. The van der Waals surface area contributed by atoms with Gasteiger partial charge in [0, 0.05) is 25.6 Å². The second-order valence-electron chi connectivity index (χ2n) is 8.11. The van der Waals surface area contributed by atoms with Crippen LogP contribution in [0.15, 0.2) is 24.3 Å². The summed E-state index contributed by atoms with van der Waals surface area (Å²) in [5, 5.41) is 3.11. The molecule has 1 aromatic carbocycles. The third-order valence-electron chi connectivity index (χ3n) is 6.42. The number of rotatable bonds is 5. The van der Waals surface area contributed by atoms with Gasteiger partial charge in [-0.25, -0.2) is 12.7 Å². The fourth-order valence-corrected chi connectivity index (χ4v) is 5.90. The summed E-state index contributed by atoms with van der Waals surface area (Å²) < 4.78 is 26.0. The maximum Gasteiger partial charge on any atom is 0.220 e. The minimum Gasteiger partial charge on any atom is -0.353 e. The van der Waals surface area contributed by atoms with Crippen LogP contribution >= 0.6 is 0 Å². The molecule has 142 valence electrons. The number of fused-ring (bicyclic) bond motifs is 2. The molecule has 1 spiro atoms. The van der Waals surface area contributed by atoms with Crippen LogP contribution in [0.4, 0.5) is 0 Å². The van der Waals surface area contributed by atoms with Crippen molar-refractivity contribution in [2.45, 2.75) is 62.8 Å². The summed E-state index contributed by atoms with van der Waals surface area (Å²) >= 11 is 0. The van der Waals surface area contributed by atoms with E-state index in [9.17, 15) is 13.2 Å². The van der Waals surface area contributed by atoms with Crippen LogP contribution in [0.2, 0.25) is 0 Å². The van der Waals surface area contributed by atoms with Crippen molar-refractivity contribution < 1.29 is 13.2 Å². The Labute approximate surface area is 156 Å². The zero-order valence-corrected chi connectivity index (χ0v) is 16.2. The summed E-state index contributed by atoms with van der Waals surface area (Å²) in [5.74, 6) is 0.579. The first-order valence-corrected chi connectivity index (χ1v) is 11.4. The van der Waals surface area contributed by atoms with Crippen LogP contribution in [0.5, 0.6) is 0 Å². The third kappa shape index (κ3) is 3.29. The van der Waals surface area contributed by atoms with Crippen molar-refractivity contribution in [1.29, 1.82) is 0 Å². The number of nitrogens with zero attached hydrogens (tertiary/aromatic N) is 1. The Morgan fingerprint density at radius 1 is 1.23 bits per heavy atom. The third-order valence-corrected chi connectivity index (χ3v) is 8.30. The predicted octanol–water partition coefficient (Wildman–Crippen LogP) is 2.53. The van der Waals surface area contributed by atoms with Gasteiger partial charge in [0.2, 0.25) is 15.9 Å². The van der Waals surface area contributed by atoms with E-state index in [1.54, 1.807) is 11.2 Å². The van der Waals surface area contributed by atoms with E-state index in [4.69, 9.17) is 0 Å². The van der Waals surface area contributed by atoms with Crippen molar-refractivity contribution in [1.82, 2.24) is 9.62 Å². The van der Waals surface area contributed by atoms with Crippen molar-refractivity contribution in [3.05, 3.63) is 35.4 Å². The maximum absolute atomic E-state index is 12.4. The molecular weight excluding hydrogens is 348 g/mol. The van der Waals surface area contributed by atoms with Crippen LogP contribution in [0, 0.1) is 0 Å². The zero-order chi connectivity index (χ0) is 18.4. The Balaban J connectivity index is 1.52. The van der Waals surface area contributed by atoms with Gasteiger partial charge in [0.1, 0.15) is 0 Å². The number of piperidine rings is 1. The molecular formula is C20H28N2O3S. The summed E-state index contributed by atoms with van der Waals surface area (Å²) in [4.78, 5) is 12.4. The molecule has 1 aromatic rings. The summed E-state index contributed by atoms with van der Waals surface area (Å²) in [5.41, 5.74) is 2.67. The minimum atomic E-state index is -3.11.